The van der Waals surface area contributed by atoms with Crippen molar-refractivity contribution >= 4 is 68.7 Å². The smallest absolute Gasteiger partial charge is 0.335 e. The molecule has 10 nitrogen and oxygen atoms in total. The third kappa shape index (κ3) is 6.21. The number of phenols is 1. The number of aryl methyl sites for hydroxylation is 1. The molecule has 12 heteroatoms. The number of benzene rings is 3. The maximum absolute atomic E-state index is 13.1. The van der Waals surface area contributed by atoms with E-state index in [9.17, 15) is 24.3 Å². The summed E-state index contributed by atoms with van der Waals surface area (Å²) in [5, 5.41) is 14.8. The van der Waals surface area contributed by atoms with Gasteiger partial charge in [-0.3, -0.25) is 19.7 Å². The van der Waals surface area contributed by atoms with Gasteiger partial charge in [0.25, 0.3) is 17.7 Å². The number of urea groups is 1. The summed E-state index contributed by atoms with van der Waals surface area (Å²) >= 11 is 9.48. The minimum atomic E-state index is -0.915. The maximum atomic E-state index is 13.1. The molecule has 3 aromatic rings. The molecule has 1 aliphatic rings. The second kappa shape index (κ2) is 11.6. The van der Waals surface area contributed by atoms with Crippen LogP contribution < -0.4 is 25.0 Å². The van der Waals surface area contributed by atoms with Gasteiger partial charge in [0.2, 0.25) is 0 Å². The van der Waals surface area contributed by atoms with Crippen LogP contribution in [0.3, 0.4) is 0 Å². The van der Waals surface area contributed by atoms with Crippen LogP contribution in [-0.4, -0.2) is 42.6 Å². The molecule has 0 bridgehead atoms. The van der Waals surface area contributed by atoms with Crippen molar-refractivity contribution in [3.05, 3.63) is 80.8 Å². The fourth-order valence-electron chi connectivity index (χ4n) is 3.63. The lowest BCUT2D eigenvalue weighted by molar-refractivity contribution is -0.122. The molecule has 1 heterocycles. The van der Waals surface area contributed by atoms with Crippen molar-refractivity contribution in [2.75, 3.05) is 23.9 Å². The van der Waals surface area contributed by atoms with Crippen LogP contribution in [0.1, 0.15) is 11.1 Å². The van der Waals surface area contributed by atoms with Crippen molar-refractivity contribution in [1.29, 1.82) is 0 Å². The van der Waals surface area contributed by atoms with Gasteiger partial charge in [0.1, 0.15) is 11.3 Å². The minimum Gasteiger partial charge on any atom is -0.508 e. The Morgan fingerprint density at radius 1 is 1.13 bits per heavy atom. The van der Waals surface area contributed by atoms with E-state index in [0.717, 1.165) is 10.5 Å². The van der Waals surface area contributed by atoms with E-state index in [0.29, 0.717) is 20.7 Å². The summed E-state index contributed by atoms with van der Waals surface area (Å²) in [5.74, 6) is -1.76. The number of rotatable bonds is 7. The number of carbonyl (C=O) groups is 4. The number of halogens is 2. The number of imide groups is 2. The van der Waals surface area contributed by atoms with E-state index >= 15 is 0 Å². The van der Waals surface area contributed by atoms with E-state index in [1.807, 2.05) is 6.92 Å². The van der Waals surface area contributed by atoms with Gasteiger partial charge in [-0.15, -0.1) is 0 Å². The second-order valence-electron chi connectivity index (χ2n) is 8.31. The molecule has 1 aliphatic heterocycles. The van der Waals surface area contributed by atoms with Crippen LogP contribution in [0.25, 0.3) is 6.08 Å². The summed E-state index contributed by atoms with van der Waals surface area (Å²) in [4.78, 5) is 51.2. The van der Waals surface area contributed by atoms with Crippen LogP contribution in [0, 0.1) is 6.92 Å². The largest absolute Gasteiger partial charge is 0.508 e. The number of ether oxygens (including phenoxy) is 2. The Labute approximate surface area is 236 Å². The Hall–Kier alpha value is -4.35. The summed E-state index contributed by atoms with van der Waals surface area (Å²) < 4.78 is 11.5. The zero-order valence-electron chi connectivity index (χ0n) is 20.6. The molecule has 200 valence electrons. The van der Waals surface area contributed by atoms with E-state index in [1.54, 1.807) is 24.3 Å². The molecule has 0 spiro atoms. The normalized spacial score (nSPS) is 14.3. The van der Waals surface area contributed by atoms with Crippen molar-refractivity contribution < 1.29 is 33.8 Å². The molecule has 0 radical (unpaired) electrons. The number of methoxy groups -OCH3 is 1. The van der Waals surface area contributed by atoms with Crippen molar-refractivity contribution in [2.24, 2.45) is 0 Å². The zero-order chi connectivity index (χ0) is 28.3. The Morgan fingerprint density at radius 3 is 2.51 bits per heavy atom. The number of barbiturate groups is 1. The molecular weight excluding hydrogens is 594 g/mol. The molecule has 3 aromatic carbocycles. The fourth-order valence-corrected chi connectivity index (χ4v) is 4.38. The summed E-state index contributed by atoms with van der Waals surface area (Å²) in [7, 11) is 1.39. The third-order valence-electron chi connectivity index (χ3n) is 5.58. The molecule has 0 unspecified atom stereocenters. The van der Waals surface area contributed by atoms with Gasteiger partial charge < -0.3 is 19.9 Å². The highest BCUT2D eigenvalue weighted by Crippen LogP contribution is 2.37. The van der Waals surface area contributed by atoms with Crippen LogP contribution in [0.4, 0.5) is 16.2 Å². The Bertz CT molecular complexity index is 1520. The topological polar surface area (TPSA) is 134 Å². The highest BCUT2D eigenvalue weighted by molar-refractivity contribution is 9.10. The lowest BCUT2D eigenvalue weighted by atomic mass is 10.1. The number of nitrogens with zero attached hydrogens (tertiary/aromatic N) is 1. The van der Waals surface area contributed by atoms with Crippen molar-refractivity contribution in [3.63, 3.8) is 0 Å². The molecule has 4 rings (SSSR count). The number of hydrogen-bond acceptors (Lipinski definition) is 7. The van der Waals surface area contributed by atoms with Crippen molar-refractivity contribution in [2.45, 2.75) is 6.92 Å². The quantitative estimate of drug-likeness (QED) is 0.257. The zero-order valence-corrected chi connectivity index (χ0v) is 22.9. The van der Waals surface area contributed by atoms with Gasteiger partial charge in [-0.25, -0.2) is 9.69 Å². The fraction of sp³-hybridized carbons (Fsp3) is 0.111. The Kier molecular flexibility index (Phi) is 8.22. The van der Waals surface area contributed by atoms with Gasteiger partial charge in [-0.1, -0.05) is 17.7 Å². The first-order valence-electron chi connectivity index (χ1n) is 11.3. The first-order valence-corrected chi connectivity index (χ1v) is 12.5. The van der Waals surface area contributed by atoms with Gasteiger partial charge in [0, 0.05) is 10.7 Å². The molecule has 5 amide bonds. The standard InChI is InChI=1S/C27H21BrClN3O7/c1-14-3-4-16(12-21(14)29)30-23(34)13-39-24-20(28)10-15(11-22(24)38-2)9-19-25(35)31-27(37)32(26(19)36)17-5-7-18(33)8-6-17/h3-12,33H,13H2,1-2H3,(H,30,34)(H,31,35,37)/b19-9-. The van der Waals surface area contributed by atoms with Crippen molar-refractivity contribution in [3.8, 4) is 17.2 Å². The van der Waals surface area contributed by atoms with Crippen LogP contribution in [-0.2, 0) is 14.4 Å². The molecule has 1 fully saturated rings. The first-order chi connectivity index (χ1) is 18.6. The average molecular weight is 615 g/mol. The lowest BCUT2D eigenvalue weighted by Gasteiger charge is -2.26. The van der Waals surface area contributed by atoms with Gasteiger partial charge in [0.15, 0.2) is 18.1 Å². The summed E-state index contributed by atoms with van der Waals surface area (Å²) in [6.45, 7) is 1.51. The number of amides is 5. The van der Waals surface area contributed by atoms with Gasteiger partial charge >= 0.3 is 6.03 Å². The Morgan fingerprint density at radius 2 is 1.85 bits per heavy atom. The van der Waals surface area contributed by atoms with Crippen LogP contribution >= 0.6 is 27.5 Å². The van der Waals surface area contributed by atoms with E-state index in [1.165, 1.54) is 43.5 Å². The maximum Gasteiger partial charge on any atom is 0.335 e. The predicted molar refractivity (Wildman–Crippen MR) is 148 cm³/mol. The van der Waals surface area contributed by atoms with E-state index < -0.39 is 23.8 Å². The number of carbonyl (C=O) groups excluding carboxylic acids is 4. The summed E-state index contributed by atoms with van der Waals surface area (Å²) in [6, 6.07) is 12.6. The molecule has 0 saturated carbocycles. The third-order valence-corrected chi connectivity index (χ3v) is 6.57. The van der Waals surface area contributed by atoms with Crippen LogP contribution in [0.2, 0.25) is 5.02 Å². The number of anilines is 2. The summed E-state index contributed by atoms with van der Waals surface area (Å²) in [6.07, 6.45) is 1.29. The lowest BCUT2D eigenvalue weighted by Crippen LogP contribution is -2.54. The van der Waals surface area contributed by atoms with Crippen LogP contribution in [0.15, 0.2) is 64.6 Å². The van der Waals surface area contributed by atoms with Gasteiger partial charge in [-0.05, 0) is 88.6 Å². The van der Waals surface area contributed by atoms with Gasteiger partial charge in [0.05, 0.1) is 17.3 Å². The number of phenolic OH excluding ortho intramolecular Hbond substituents is 1. The van der Waals surface area contributed by atoms with E-state index in [4.69, 9.17) is 21.1 Å². The van der Waals surface area contributed by atoms with E-state index in [-0.39, 0.29) is 35.1 Å². The average Bonchev–Trinajstić information content (AvgIpc) is 2.88. The Balaban J connectivity index is 1.54. The molecule has 0 aliphatic carbocycles. The van der Waals surface area contributed by atoms with Crippen molar-refractivity contribution in [1.82, 2.24) is 5.32 Å². The molecule has 3 N–H and O–H groups in total. The molecule has 39 heavy (non-hydrogen) atoms. The molecule has 0 aromatic heterocycles. The molecular formula is C27H21BrClN3O7. The van der Waals surface area contributed by atoms with Gasteiger partial charge in [-0.2, -0.15) is 0 Å². The highest BCUT2D eigenvalue weighted by Gasteiger charge is 2.36. The number of aromatic hydroxyl groups is 1. The highest BCUT2D eigenvalue weighted by atomic mass is 79.9. The number of nitrogens with one attached hydrogen (secondary N) is 2. The van der Waals surface area contributed by atoms with E-state index in [2.05, 4.69) is 26.6 Å². The minimum absolute atomic E-state index is 0.0493. The molecule has 0 atom stereocenters. The number of hydrogen-bond donors (Lipinski definition) is 3. The predicted octanol–water partition coefficient (Wildman–Crippen LogP) is 4.81. The monoisotopic (exact) mass is 613 g/mol. The second-order valence-corrected chi connectivity index (χ2v) is 9.57. The molecule has 1 saturated heterocycles. The SMILES string of the molecule is COc1cc(/C=C2/C(=O)NC(=O)N(c3ccc(O)cc3)C2=O)cc(Br)c1OCC(=O)Nc1ccc(C)c(Cl)c1. The first kappa shape index (κ1) is 27.7. The summed E-state index contributed by atoms with van der Waals surface area (Å²) in [5.41, 5.74) is 1.64. The van der Waals surface area contributed by atoms with Crippen LogP contribution in [0.5, 0.6) is 17.2 Å².